The number of hydrogen-bond acceptors (Lipinski definition) is 6. The van der Waals surface area contributed by atoms with Gasteiger partial charge in [-0.05, 0) is 12.1 Å². The molecule has 3 rings (SSSR count). The standard InChI is InChI=1S/C15H7F3N4O4/c16-15(17,18)9-3-1-8(2-4-9)12-7-19-10-5-13(21(23)24)14(22(25)26)6-11(10)20-12/h1-7H. The van der Waals surface area contributed by atoms with Crippen LogP contribution in [0.2, 0.25) is 0 Å². The predicted octanol–water partition coefficient (Wildman–Crippen LogP) is 4.13. The van der Waals surface area contributed by atoms with Crippen LogP contribution in [0.15, 0.2) is 42.6 Å². The number of nitro groups is 2. The van der Waals surface area contributed by atoms with E-state index in [1.807, 2.05) is 0 Å². The van der Waals surface area contributed by atoms with Crippen molar-refractivity contribution in [1.29, 1.82) is 0 Å². The Labute approximate surface area is 142 Å². The Balaban J connectivity index is 2.10. The van der Waals surface area contributed by atoms with E-state index in [1.165, 1.54) is 18.3 Å². The van der Waals surface area contributed by atoms with Crippen molar-refractivity contribution in [2.24, 2.45) is 0 Å². The first-order valence-electron chi connectivity index (χ1n) is 6.94. The fourth-order valence-corrected chi connectivity index (χ4v) is 2.30. The second kappa shape index (κ2) is 6.02. The van der Waals surface area contributed by atoms with Crippen molar-refractivity contribution in [2.75, 3.05) is 0 Å². The monoisotopic (exact) mass is 364 g/mol. The SMILES string of the molecule is O=[N+]([O-])c1cc2ncc(-c3ccc(C(F)(F)F)cc3)nc2cc1[N+](=O)[O-]. The van der Waals surface area contributed by atoms with Crippen LogP contribution in [0.1, 0.15) is 5.56 Å². The molecule has 0 atom stereocenters. The van der Waals surface area contributed by atoms with Gasteiger partial charge < -0.3 is 0 Å². The fraction of sp³-hybridized carbons (Fsp3) is 0.0667. The molecule has 0 aliphatic rings. The highest BCUT2D eigenvalue weighted by Crippen LogP contribution is 2.33. The van der Waals surface area contributed by atoms with Crippen LogP contribution in [0, 0.1) is 20.2 Å². The molecule has 3 aromatic rings. The molecule has 11 heteroatoms. The molecule has 0 bridgehead atoms. The Morgan fingerprint density at radius 3 is 1.92 bits per heavy atom. The van der Waals surface area contributed by atoms with Crippen molar-refractivity contribution in [3.8, 4) is 11.3 Å². The number of rotatable bonds is 3. The summed E-state index contributed by atoms with van der Waals surface area (Å²) in [5.74, 6) is 0. The van der Waals surface area contributed by atoms with E-state index in [0.29, 0.717) is 5.56 Å². The lowest BCUT2D eigenvalue weighted by atomic mass is 10.1. The third kappa shape index (κ3) is 3.14. The summed E-state index contributed by atoms with van der Waals surface area (Å²) in [6, 6.07) is 5.97. The van der Waals surface area contributed by atoms with Crippen LogP contribution in [0.4, 0.5) is 24.5 Å². The highest BCUT2D eigenvalue weighted by atomic mass is 19.4. The van der Waals surface area contributed by atoms with Gasteiger partial charge in [-0.2, -0.15) is 13.2 Å². The van der Waals surface area contributed by atoms with E-state index in [0.717, 1.165) is 24.3 Å². The summed E-state index contributed by atoms with van der Waals surface area (Å²) in [7, 11) is 0. The molecule has 0 amide bonds. The zero-order valence-electron chi connectivity index (χ0n) is 12.6. The average molecular weight is 364 g/mol. The zero-order valence-corrected chi connectivity index (χ0v) is 12.6. The summed E-state index contributed by atoms with van der Waals surface area (Å²) in [5, 5.41) is 21.9. The number of nitrogens with zero attached hydrogens (tertiary/aromatic N) is 4. The molecule has 0 radical (unpaired) electrons. The fourth-order valence-electron chi connectivity index (χ4n) is 2.30. The van der Waals surface area contributed by atoms with Crippen molar-refractivity contribution in [3.05, 3.63) is 68.4 Å². The number of benzene rings is 2. The van der Waals surface area contributed by atoms with E-state index in [1.54, 1.807) is 0 Å². The molecule has 0 unspecified atom stereocenters. The van der Waals surface area contributed by atoms with Gasteiger partial charge >= 0.3 is 17.6 Å². The summed E-state index contributed by atoms with van der Waals surface area (Å²) in [6.07, 6.45) is -3.26. The number of hydrogen-bond donors (Lipinski definition) is 0. The Morgan fingerprint density at radius 2 is 1.42 bits per heavy atom. The first-order chi connectivity index (χ1) is 12.2. The van der Waals surface area contributed by atoms with E-state index in [-0.39, 0.29) is 16.7 Å². The van der Waals surface area contributed by atoms with Crippen LogP contribution in [-0.4, -0.2) is 19.8 Å². The predicted molar refractivity (Wildman–Crippen MR) is 83.3 cm³/mol. The van der Waals surface area contributed by atoms with Crippen LogP contribution in [0.5, 0.6) is 0 Å². The van der Waals surface area contributed by atoms with Gasteiger partial charge in [0.25, 0.3) is 0 Å². The van der Waals surface area contributed by atoms with Gasteiger partial charge in [0.15, 0.2) is 0 Å². The van der Waals surface area contributed by atoms with Gasteiger partial charge in [0.2, 0.25) is 0 Å². The third-order valence-corrected chi connectivity index (χ3v) is 3.54. The Hall–Kier alpha value is -3.63. The van der Waals surface area contributed by atoms with E-state index in [2.05, 4.69) is 9.97 Å². The largest absolute Gasteiger partial charge is 0.416 e. The summed E-state index contributed by atoms with van der Waals surface area (Å²) in [5.41, 5.74) is -1.75. The number of nitro benzene ring substituents is 2. The lowest BCUT2D eigenvalue weighted by Gasteiger charge is -2.07. The number of aromatic nitrogens is 2. The number of halogens is 3. The molecule has 2 aromatic carbocycles. The molecule has 0 aliphatic carbocycles. The highest BCUT2D eigenvalue weighted by Gasteiger charge is 2.30. The third-order valence-electron chi connectivity index (χ3n) is 3.54. The maximum Gasteiger partial charge on any atom is 0.416 e. The molecule has 0 N–H and O–H groups in total. The van der Waals surface area contributed by atoms with Gasteiger partial charge in [-0.3, -0.25) is 25.2 Å². The van der Waals surface area contributed by atoms with Crippen LogP contribution >= 0.6 is 0 Å². The maximum absolute atomic E-state index is 12.6. The first-order valence-corrected chi connectivity index (χ1v) is 6.94. The van der Waals surface area contributed by atoms with Gasteiger partial charge in [-0.1, -0.05) is 12.1 Å². The molecule has 0 saturated heterocycles. The normalized spacial score (nSPS) is 11.5. The van der Waals surface area contributed by atoms with E-state index >= 15 is 0 Å². The van der Waals surface area contributed by atoms with Crippen LogP contribution < -0.4 is 0 Å². The number of alkyl halides is 3. The molecule has 0 fully saturated rings. The quantitative estimate of drug-likeness (QED) is 0.510. The van der Waals surface area contributed by atoms with Crippen molar-refractivity contribution in [2.45, 2.75) is 6.18 Å². The minimum atomic E-state index is -4.48. The van der Waals surface area contributed by atoms with Gasteiger partial charge in [0, 0.05) is 5.56 Å². The summed E-state index contributed by atoms with van der Waals surface area (Å²) in [4.78, 5) is 28.2. The molecular formula is C15H7F3N4O4. The molecule has 8 nitrogen and oxygen atoms in total. The molecular weight excluding hydrogens is 357 g/mol. The summed E-state index contributed by atoms with van der Waals surface area (Å²) < 4.78 is 37.8. The Bertz CT molecular complexity index is 1040. The lowest BCUT2D eigenvalue weighted by Crippen LogP contribution is -2.04. The van der Waals surface area contributed by atoms with Crippen molar-refractivity contribution < 1.29 is 23.0 Å². The van der Waals surface area contributed by atoms with Gasteiger partial charge in [0.1, 0.15) is 0 Å². The minimum absolute atomic E-state index is 0.0136. The Morgan fingerprint density at radius 1 is 0.885 bits per heavy atom. The molecule has 1 aromatic heterocycles. The first kappa shape index (κ1) is 17.2. The van der Waals surface area contributed by atoms with E-state index in [4.69, 9.17) is 0 Å². The highest BCUT2D eigenvalue weighted by molar-refractivity contribution is 5.83. The molecule has 0 spiro atoms. The van der Waals surface area contributed by atoms with Crippen molar-refractivity contribution in [1.82, 2.24) is 9.97 Å². The zero-order chi connectivity index (χ0) is 19.1. The van der Waals surface area contributed by atoms with Crippen molar-refractivity contribution >= 4 is 22.4 Å². The van der Waals surface area contributed by atoms with Crippen LogP contribution in [0.25, 0.3) is 22.3 Å². The Kier molecular flexibility index (Phi) is 3.98. The molecule has 0 saturated carbocycles. The van der Waals surface area contributed by atoms with Crippen LogP contribution in [-0.2, 0) is 6.18 Å². The second-order valence-electron chi connectivity index (χ2n) is 5.17. The molecule has 26 heavy (non-hydrogen) atoms. The lowest BCUT2D eigenvalue weighted by molar-refractivity contribution is -0.422. The topological polar surface area (TPSA) is 112 Å². The average Bonchev–Trinajstić information content (AvgIpc) is 2.59. The van der Waals surface area contributed by atoms with Crippen molar-refractivity contribution in [3.63, 3.8) is 0 Å². The minimum Gasteiger partial charge on any atom is -0.258 e. The van der Waals surface area contributed by atoms with Gasteiger partial charge in [-0.15, -0.1) is 0 Å². The van der Waals surface area contributed by atoms with E-state index in [9.17, 15) is 33.4 Å². The molecule has 1 heterocycles. The van der Waals surface area contributed by atoms with Gasteiger partial charge in [-0.25, -0.2) is 4.98 Å². The summed E-state index contributed by atoms with van der Waals surface area (Å²) >= 11 is 0. The smallest absolute Gasteiger partial charge is 0.258 e. The molecule has 0 aliphatic heterocycles. The summed E-state index contributed by atoms with van der Waals surface area (Å²) in [6.45, 7) is 0. The van der Waals surface area contributed by atoms with E-state index < -0.39 is 33.0 Å². The second-order valence-corrected chi connectivity index (χ2v) is 5.17. The van der Waals surface area contributed by atoms with Crippen LogP contribution in [0.3, 0.4) is 0 Å². The number of fused-ring (bicyclic) bond motifs is 1. The maximum atomic E-state index is 12.6. The van der Waals surface area contributed by atoms with Gasteiger partial charge in [0.05, 0.1) is 50.5 Å². The molecule has 132 valence electrons.